The van der Waals surface area contributed by atoms with Crippen LogP contribution in [0.4, 0.5) is 5.69 Å². The summed E-state index contributed by atoms with van der Waals surface area (Å²) in [5.74, 6) is -0.124. The van der Waals surface area contributed by atoms with Gasteiger partial charge >= 0.3 is 0 Å². The van der Waals surface area contributed by atoms with E-state index in [0.29, 0.717) is 0 Å². The van der Waals surface area contributed by atoms with Crippen molar-refractivity contribution < 1.29 is 9.53 Å². The molecule has 1 N–H and O–H groups in total. The fourth-order valence-electron chi connectivity index (χ4n) is 1.37. The average Bonchev–Trinajstić information content (AvgIpc) is 2.22. The molecule has 0 fully saturated rings. The third kappa shape index (κ3) is 4.13. The summed E-state index contributed by atoms with van der Waals surface area (Å²) in [6.45, 7) is 2.24. The van der Waals surface area contributed by atoms with Crippen LogP contribution in [0.3, 0.4) is 0 Å². The number of hydrogen-bond acceptors (Lipinski definition) is 2. The number of amides is 1. The molecule has 1 aromatic carbocycles. The molecular weight excluding hydrogens is 190 g/mol. The molecule has 0 bridgehead atoms. The lowest BCUT2D eigenvalue weighted by Crippen LogP contribution is -2.16. The minimum atomic E-state index is -0.124. The van der Waals surface area contributed by atoms with Gasteiger partial charge in [0.1, 0.15) is 6.61 Å². The first-order valence-electron chi connectivity index (χ1n) is 5.14. The zero-order valence-corrected chi connectivity index (χ0v) is 9.25. The van der Waals surface area contributed by atoms with Crippen molar-refractivity contribution in [3.8, 4) is 0 Å². The molecule has 0 saturated heterocycles. The molecule has 0 unspecified atom stereocenters. The Bertz CT molecular complexity index is 306. The summed E-state index contributed by atoms with van der Waals surface area (Å²) in [5, 5.41) is 2.75. The van der Waals surface area contributed by atoms with Crippen molar-refractivity contribution in [3.63, 3.8) is 0 Å². The number of methoxy groups -OCH3 is 1. The zero-order valence-electron chi connectivity index (χ0n) is 9.25. The maximum absolute atomic E-state index is 11.2. The van der Waals surface area contributed by atoms with Crippen LogP contribution in [0.1, 0.15) is 18.9 Å². The molecule has 15 heavy (non-hydrogen) atoms. The smallest absolute Gasteiger partial charge is 0.250 e. The van der Waals surface area contributed by atoms with Crippen LogP contribution in [-0.4, -0.2) is 19.6 Å². The quantitative estimate of drug-likeness (QED) is 0.804. The van der Waals surface area contributed by atoms with E-state index in [1.165, 1.54) is 12.7 Å². The molecule has 0 atom stereocenters. The van der Waals surface area contributed by atoms with Crippen molar-refractivity contribution in [2.75, 3.05) is 19.0 Å². The van der Waals surface area contributed by atoms with E-state index in [9.17, 15) is 4.79 Å². The third-order valence-corrected chi connectivity index (χ3v) is 2.05. The Morgan fingerprint density at radius 3 is 2.53 bits per heavy atom. The third-order valence-electron chi connectivity index (χ3n) is 2.05. The van der Waals surface area contributed by atoms with Crippen molar-refractivity contribution in [2.24, 2.45) is 0 Å². The molecule has 1 amide bonds. The van der Waals surface area contributed by atoms with Crippen molar-refractivity contribution >= 4 is 11.6 Å². The standard InChI is InChI=1S/C12H17NO2/c1-3-4-10-5-7-11(8-6-10)13-12(14)9-15-2/h5-8H,3-4,9H2,1-2H3,(H,13,14). The maximum Gasteiger partial charge on any atom is 0.250 e. The minimum absolute atomic E-state index is 0.0940. The minimum Gasteiger partial charge on any atom is -0.375 e. The second-order valence-electron chi connectivity index (χ2n) is 3.43. The van der Waals surface area contributed by atoms with E-state index in [0.717, 1.165) is 18.5 Å². The monoisotopic (exact) mass is 207 g/mol. The lowest BCUT2D eigenvalue weighted by Gasteiger charge is -2.05. The molecule has 0 aliphatic heterocycles. The fourth-order valence-corrected chi connectivity index (χ4v) is 1.37. The highest BCUT2D eigenvalue weighted by atomic mass is 16.5. The molecule has 0 aromatic heterocycles. The summed E-state index contributed by atoms with van der Waals surface area (Å²) >= 11 is 0. The van der Waals surface area contributed by atoms with E-state index < -0.39 is 0 Å². The van der Waals surface area contributed by atoms with Gasteiger partial charge in [-0.15, -0.1) is 0 Å². The molecule has 0 heterocycles. The van der Waals surface area contributed by atoms with Gasteiger partial charge in [0.15, 0.2) is 0 Å². The van der Waals surface area contributed by atoms with Crippen LogP contribution >= 0.6 is 0 Å². The molecule has 0 spiro atoms. The first-order valence-corrected chi connectivity index (χ1v) is 5.14. The summed E-state index contributed by atoms with van der Waals surface area (Å²) < 4.78 is 4.73. The topological polar surface area (TPSA) is 38.3 Å². The molecule has 3 nitrogen and oxygen atoms in total. The predicted octanol–water partition coefficient (Wildman–Crippen LogP) is 2.22. The predicted molar refractivity (Wildman–Crippen MR) is 60.9 cm³/mol. The van der Waals surface area contributed by atoms with Gasteiger partial charge in [-0.3, -0.25) is 4.79 Å². The number of carbonyl (C=O) groups is 1. The summed E-state index contributed by atoms with van der Waals surface area (Å²) in [5.41, 5.74) is 2.11. The molecule has 3 heteroatoms. The van der Waals surface area contributed by atoms with Crippen LogP contribution in [0.2, 0.25) is 0 Å². The number of rotatable bonds is 5. The second kappa shape index (κ2) is 6.19. The van der Waals surface area contributed by atoms with Gasteiger partial charge in [-0.05, 0) is 24.1 Å². The number of hydrogen-bond donors (Lipinski definition) is 1. The molecule has 0 aliphatic carbocycles. The Balaban J connectivity index is 2.52. The molecule has 82 valence electrons. The SMILES string of the molecule is CCCc1ccc(NC(=O)COC)cc1. The molecule has 0 radical (unpaired) electrons. The zero-order chi connectivity index (χ0) is 11.1. The average molecular weight is 207 g/mol. The number of ether oxygens (including phenoxy) is 1. The van der Waals surface area contributed by atoms with Gasteiger partial charge in [-0.2, -0.15) is 0 Å². The summed E-state index contributed by atoms with van der Waals surface area (Å²) in [6.07, 6.45) is 2.21. The van der Waals surface area contributed by atoms with Gasteiger partial charge in [0.2, 0.25) is 5.91 Å². The van der Waals surface area contributed by atoms with Crippen LogP contribution in [0, 0.1) is 0 Å². The normalized spacial score (nSPS) is 10.0. The van der Waals surface area contributed by atoms with E-state index in [-0.39, 0.29) is 12.5 Å². The van der Waals surface area contributed by atoms with Crippen molar-refractivity contribution in [2.45, 2.75) is 19.8 Å². The lowest BCUT2D eigenvalue weighted by molar-refractivity contribution is -0.119. The Morgan fingerprint density at radius 2 is 2.00 bits per heavy atom. The van der Waals surface area contributed by atoms with Crippen LogP contribution in [0.25, 0.3) is 0 Å². The van der Waals surface area contributed by atoms with Crippen molar-refractivity contribution in [1.82, 2.24) is 0 Å². The fraction of sp³-hybridized carbons (Fsp3) is 0.417. The Labute approximate surface area is 90.4 Å². The van der Waals surface area contributed by atoms with E-state index >= 15 is 0 Å². The van der Waals surface area contributed by atoms with E-state index in [4.69, 9.17) is 4.74 Å². The lowest BCUT2D eigenvalue weighted by atomic mass is 10.1. The molecule has 1 aromatic rings. The number of carbonyl (C=O) groups excluding carboxylic acids is 1. The van der Waals surface area contributed by atoms with Gasteiger partial charge < -0.3 is 10.1 Å². The highest BCUT2D eigenvalue weighted by molar-refractivity contribution is 5.91. The molecule has 0 aliphatic rings. The number of nitrogens with one attached hydrogen (secondary N) is 1. The van der Waals surface area contributed by atoms with E-state index in [2.05, 4.69) is 12.2 Å². The van der Waals surface area contributed by atoms with Crippen LogP contribution < -0.4 is 5.32 Å². The van der Waals surface area contributed by atoms with Gasteiger partial charge in [-0.25, -0.2) is 0 Å². The van der Waals surface area contributed by atoms with Gasteiger partial charge in [-0.1, -0.05) is 25.5 Å². The van der Waals surface area contributed by atoms with Crippen LogP contribution in [0.5, 0.6) is 0 Å². The van der Waals surface area contributed by atoms with Gasteiger partial charge in [0.25, 0.3) is 0 Å². The Hall–Kier alpha value is -1.35. The van der Waals surface area contributed by atoms with Gasteiger partial charge in [0.05, 0.1) is 0 Å². The number of anilines is 1. The second-order valence-corrected chi connectivity index (χ2v) is 3.43. The van der Waals surface area contributed by atoms with Gasteiger partial charge in [0, 0.05) is 12.8 Å². The van der Waals surface area contributed by atoms with Crippen LogP contribution in [0.15, 0.2) is 24.3 Å². The Kier molecular flexibility index (Phi) is 4.84. The number of benzene rings is 1. The highest BCUT2D eigenvalue weighted by Crippen LogP contribution is 2.10. The first-order chi connectivity index (χ1) is 7.26. The van der Waals surface area contributed by atoms with E-state index in [1.807, 2.05) is 24.3 Å². The molecular formula is C12H17NO2. The summed E-state index contributed by atoms with van der Waals surface area (Å²) in [4.78, 5) is 11.2. The first kappa shape index (κ1) is 11.7. The molecule has 1 rings (SSSR count). The summed E-state index contributed by atoms with van der Waals surface area (Å²) in [6, 6.07) is 7.90. The van der Waals surface area contributed by atoms with Crippen LogP contribution in [-0.2, 0) is 16.0 Å². The number of aryl methyl sites for hydroxylation is 1. The molecule has 0 saturated carbocycles. The van der Waals surface area contributed by atoms with E-state index in [1.54, 1.807) is 0 Å². The highest BCUT2D eigenvalue weighted by Gasteiger charge is 2.00. The largest absolute Gasteiger partial charge is 0.375 e. The maximum atomic E-state index is 11.2. The van der Waals surface area contributed by atoms with Crippen molar-refractivity contribution in [1.29, 1.82) is 0 Å². The Morgan fingerprint density at radius 1 is 1.33 bits per heavy atom. The van der Waals surface area contributed by atoms with Crippen molar-refractivity contribution in [3.05, 3.63) is 29.8 Å². The summed E-state index contributed by atoms with van der Waals surface area (Å²) in [7, 11) is 1.50.